The molecule has 0 radical (unpaired) electrons. The normalized spacial score (nSPS) is 13.3. The van der Waals surface area contributed by atoms with Gasteiger partial charge in [-0.2, -0.15) is 0 Å². The summed E-state index contributed by atoms with van der Waals surface area (Å²) >= 11 is 0. The molecule has 0 fully saturated rings. The van der Waals surface area contributed by atoms with Crippen LogP contribution in [0.1, 0.15) is 59.4 Å². The summed E-state index contributed by atoms with van der Waals surface area (Å²) in [6.45, 7) is 10.2. The third kappa shape index (κ3) is 8.16. The highest BCUT2D eigenvalue weighted by Gasteiger charge is 2.24. The fraction of sp³-hybridized carbons (Fsp3) is 0.600. The molecule has 0 saturated heterocycles. The number of nitrogens with one attached hydrogen (secondary N) is 1. The molecule has 140 valence electrons. The summed E-state index contributed by atoms with van der Waals surface area (Å²) in [7, 11) is 0. The monoisotopic (exact) mass is 349 g/mol. The highest BCUT2D eigenvalue weighted by molar-refractivity contribution is 5.83. The second-order valence-electron chi connectivity index (χ2n) is 7.96. The minimum atomic E-state index is -1.03. The maximum absolute atomic E-state index is 12.2. The van der Waals surface area contributed by atoms with E-state index < -0.39 is 12.0 Å². The number of ether oxygens (including phenoxy) is 1. The van der Waals surface area contributed by atoms with Crippen LogP contribution in [0.5, 0.6) is 0 Å². The van der Waals surface area contributed by atoms with Crippen LogP contribution in [0.2, 0.25) is 0 Å². The molecule has 0 aliphatic carbocycles. The van der Waals surface area contributed by atoms with E-state index in [1.165, 1.54) is 0 Å². The molecular formula is C20H31NO4. The molecule has 1 aromatic rings. The molecular weight excluding hydrogens is 318 g/mol. The molecule has 25 heavy (non-hydrogen) atoms. The van der Waals surface area contributed by atoms with Crippen LogP contribution in [0.15, 0.2) is 30.3 Å². The summed E-state index contributed by atoms with van der Waals surface area (Å²) in [6.07, 6.45) is 1.18. The Morgan fingerprint density at radius 3 is 2.24 bits per heavy atom. The Morgan fingerprint density at radius 2 is 1.72 bits per heavy atom. The lowest BCUT2D eigenvalue weighted by Gasteiger charge is -2.25. The van der Waals surface area contributed by atoms with Gasteiger partial charge in [-0.1, -0.05) is 44.2 Å². The van der Waals surface area contributed by atoms with E-state index in [0.717, 1.165) is 5.56 Å². The first-order valence-corrected chi connectivity index (χ1v) is 8.73. The van der Waals surface area contributed by atoms with Gasteiger partial charge in [-0.15, -0.1) is 0 Å². The van der Waals surface area contributed by atoms with Crippen LogP contribution in [0.25, 0.3) is 0 Å². The number of hydrogen-bond acceptors (Lipinski definition) is 3. The number of carboxylic acids is 1. The van der Waals surface area contributed by atoms with Gasteiger partial charge in [-0.25, -0.2) is 4.79 Å². The van der Waals surface area contributed by atoms with Crippen LogP contribution in [0, 0.1) is 0 Å². The SMILES string of the molecule is CC(C)(C)OCCC(NC(=O)CCC(C)(C)c1ccccc1)C(=O)O. The smallest absolute Gasteiger partial charge is 0.326 e. The van der Waals surface area contributed by atoms with Gasteiger partial charge in [0.05, 0.1) is 5.60 Å². The fourth-order valence-corrected chi connectivity index (χ4v) is 2.47. The number of amides is 1. The first-order valence-electron chi connectivity index (χ1n) is 8.73. The second-order valence-corrected chi connectivity index (χ2v) is 7.96. The minimum absolute atomic E-state index is 0.146. The van der Waals surface area contributed by atoms with Gasteiger partial charge >= 0.3 is 5.97 Å². The van der Waals surface area contributed by atoms with Crippen molar-refractivity contribution in [2.75, 3.05) is 6.61 Å². The van der Waals surface area contributed by atoms with E-state index in [4.69, 9.17) is 4.74 Å². The standard InChI is InChI=1S/C20H31NO4/c1-19(2,3)25-14-12-16(18(23)24)21-17(22)11-13-20(4,5)15-9-7-6-8-10-15/h6-10,16H,11-14H2,1-5H3,(H,21,22)(H,23,24). The van der Waals surface area contributed by atoms with Crippen molar-refractivity contribution in [3.05, 3.63) is 35.9 Å². The van der Waals surface area contributed by atoms with Gasteiger partial charge in [0.1, 0.15) is 6.04 Å². The largest absolute Gasteiger partial charge is 0.480 e. The Balaban J connectivity index is 2.51. The lowest BCUT2D eigenvalue weighted by molar-refractivity contribution is -0.142. The molecule has 1 rings (SSSR count). The molecule has 1 aromatic carbocycles. The van der Waals surface area contributed by atoms with E-state index in [0.29, 0.717) is 6.42 Å². The fourth-order valence-electron chi connectivity index (χ4n) is 2.47. The van der Waals surface area contributed by atoms with Gasteiger partial charge in [-0.05, 0) is 38.2 Å². The minimum Gasteiger partial charge on any atom is -0.480 e. The molecule has 0 aliphatic heterocycles. The summed E-state index contributed by atoms with van der Waals surface area (Å²) in [4.78, 5) is 23.5. The predicted octanol–water partition coefficient (Wildman–Crippen LogP) is 3.52. The van der Waals surface area contributed by atoms with Gasteiger partial charge in [0.25, 0.3) is 0 Å². The Hall–Kier alpha value is -1.88. The summed E-state index contributed by atoms with van der Waals surface area (Å²) in [5.41, 5.74) is 0.690. The third-order valence-electron chi connectivity index (χ3n) is 4.11. The quantitative estimate of drug-likeness (QED) is 0.715. The van der Waals surface area contributed by atoms with Crippen molar-refractivity contribution >= 4 is 11.9 Å². The summed E-state index contributed by atoms with van der Waals surface area (Å²) < 4.78 is 5.55. The van der Waals surface area contributed by atoms with Gasteiger partial charge in [0.15, 0.2) is 0 Å². The molecule has 5 nitrogen and oxygen atoms in total. The van der Waals surface area contributed by atoms with Gasteiger partial charge in [0.2, 0.25) is 5.91 Å². The van der Waals surface area contributed by atoms with Crippen LogP contribution in [0.3, 0.4) is 0 Å². The first-order chi connectivity index (χ1) is 11.5. The number of rotatable bonds is 9. The van der Waals surface area contributed by atoms with Crippen molar-refractivity contribution in [3.8, 4) is 0 Å². The Kier molecular flexibility index (Phi) is 7.61. The molecule has 0 aromatic heterocycles. The van der Waals surface area contributed by atoms with Gasteiger partial charge < -0.3 is 15.2 Å². The van der Waals surface area contributed by atoms with Crippen molar-refractivity contribution in [2.45, 2.75) is 70.9 Å². The molecule has 0 bridgehead atoms. The highest BCUT2D eigenvalue weighted by Crippen LogP contribution is 2.28. The van der Waals surface area contributed by atoms with E-state index in [-0.39, 0.29) is 36.4 Å². The van der Waals surface area contributed by atoms with Crippen molar-refractivity contribution in [3.63, 3.8) is 0 Å². The van der Waals surface area contributed by atoms with Gasteiger partial charge in [0, 0.05) is 19.4 Å². The number of carbonyl (C=O) groups is 2. The zero-order valence-electron chi connectivity index (χ0n) is 16.0. The zero-order valence-corrected chi connectivity index (χ0v) is 16.0. The van der Waals surface area contributed by atoms with Gasteiger partial charge in [-0.3, -0.25) is 4.79 Å². The summed E-state index contributed by atoms with van der Waals surface area (Å²) in [5.74, 6) is -1.28. The van der Waals surface area contributed by atoms with Crippen molar-refractivity contribution in [2.24, 2.45) is 0 Å². The maximum atomic E-state index is 12.2. The predicted molar refractivity (Wildman–Crippen MR) is 98.6 cm³/mol. The Bertz CT molecular complexity index is 561. The average Bonchev–Trinajstić information content (AvgIpc) is 2.51. The number of aliphatic carboxylic acids is 1. The molecule has 1 unspecified atom stereocenters. The number of benzene rings is 1. The summed E-state index contributed by atoms with van der Waals surface area (Å²) in [5, 5.41) is 11.9. The third-order valence-corrected chi connectivity index (χ3v) is 4.11. The highest BCUT2D eigenvalue weighted by atomic mass is 16.5. The lowest BCUT2D eigenvalue weighted by Crippen LogP contribution is -2.42. The number of carbonyl (C=O) groups excluding carboxylic acids is 1. The topological polar surface area (TPSA) is 75.6 Å². The summed E-state index contributed by atoms with van der Waals surface area (Å²) in [6, 6.07) is 9.09. The van der Waals surface area contributed by atoms with Crippen molar-refractivity contribution < 1.29 is 19.4 Å². The van der Waals surface area contributed by atoms with Crippen LogP contribution in [-0.4, -0.2) is 35.2 Å². The van der Waals surface area contributed by atoms with Crippen LogP contribution < -0.4 is 5.32 Å². The van der Waals surface area contributed by atoms with Crippen LogP contribution in [0.4, 0.5) is 0 Å². The first kappa shape index (κ1) is 21.2. The van der Waals surface area contributed by atoms with Crippen molar-refractivity contribution in [1.82, 2.24) is 5.32 Å². The van der Waals surface area contributed by atoms with E-state index >= 15 is 0 Å². The number of hydrogen-bond donors (Lipinski definition) is 2. The van der Waals surface area contributed by atoms with E-state index in [1.807, 2.05) is 51.1 Å². The van der Waals surface area contributed by atoms with E-state index in [9.17, 15) is 14.7 Å². The molecule has 2 N–H and O–H groups in total. The maximum Gasteiger partial charge on any atom is 0.326 e. The molecule has 0 heterocycles. The number of carboxylic acid groups (broad SMARTS) is 1. The Morgan fingerprint density at radius 1 is 1.12 bits per heavy atom. The average molecular weight is 349 g/mol. The van der Waals surface area contributed by atoms with E-state index in [2.05, 4.69) is 19.2 Å². The second kappa shape index (κ2) is 8.99. The van der Waals surface area contributed by atoms with Crippen molar-refractivity contribution in [1.29, 1.82) is 0 Å². The molecule has 5 heteroatoms. The molecule has 1 atom stereocenters. The molecule has 0 spiro atoms. The van der Waals surface area contributed by atoms with E-state index in [1.54, 1.807) is 0 Å². The Labute approximate surface area is 150 Å². The van der Waals surface area contributed by atoms with Crippen LogP contribution >= 0.6 is 0 Å². The zero-order chi connectivity index (χ0) is 19.1. The molecule has 0 aliphatic rings. The van der Waals surface area contributed by atoms with Crippen LogP contribution in [-0.2, 0) is 19.7 Å². The molecule has 1 amide bonds. The molecule has 0 saturated carbocycles. The lowest BCUT2D eigenvalue weighted by atomic mass is 9.80.